The van der Waals surface area contributed by atoms with E-state index in [0.29, 0.717) is 0 Å². The first-order valence-electron chi connectivity index (χ1n) is 16.7. The Labute approximate surface area is 285 Å². The maximum Gasteiger partial charge on any atom is 0.0737 e. The number of hydrogen-bond acceptors (Lipinski definition) is 3. The Bertz CT molecular complexity index is 2330. The van der Waals surface area contributed by atoms with Crippen molar-refractivity contribution in [1.82, 2.24) is 4.98 Å². The Morgan fingerprint density at radius 1 is 0.449 bits per heavy atom. The number of allylic oxidation sites excluding steroid dienone is 7. The number of aliphatic imine (C=N–C) groups is 3. The zero-order chi connectivity index (χ0) is 32.7. The van der Waals surface area contributed by atoms with E-state index >= 15 is 0 Å². The van der Waals surface area contributed by atoms with Gasteiger partial charge in [-0.25, -0.2) is 9.98 Å². The zero-order valence-corrected chi connectivity index (χ0v) is 27.0. The number of aromatic nitrogens is 1. The fourth-order valence-electron chi connectivity index (χ4n) is 7.23. The van der Waals surface area contributed by atoms with E-state index in [0.717, 1.165) is 89.3 Å². The Morgan fingerprint density at radius 3 is 1.33 bits per heavy atom. The second-order valence-electron chi connectivity index (χ2n) is 12.5. The van der Waals surface area contributed by atoms with Crippen LogP contribution in [-0.4, -0.2) is 22.1 Å². The van der Waals surface area contributed by atoms with Gasteiger partial charge in [0.15, 0.2) is 0 Å². The summed E-state index contributed by atoms with van der Waals surface area (Å²) in [5, 5.41) is 1.99. The monoisotopic (exact) mass is 628 g/mol. The van der Waals surface area contributed by atoms with Crippen molar-refractivity contribution in [1.29, 1.82) is 0 Å². The van der Waals surface area contributed by atoms with Crippen molar-refractivity contribution in [2.24, 2.45) is 20.9 Å². The molecule has 232 valence electrons. The number of fused-ring (bicyclic) bond motifs is 6. The lowest BCUT2D eigenvalue weighted by molar-refractivity contribution is 0.979. The molecule has 49 heavy (non-hydrogen) atoms. The molecule has 5 aromatic rings. The molecule has 0 saturated carbocycles. The minimum absolute atomic E-state index is 0.00275. The van der Waals surface area contributed by atoms with Crippen LogP contribution in [0.2, 0.25) is 0 Å². The van der Waals surface area contributed by atoms with Crippen molar-refractivity contribution in [3.05, 3.63) is 214 Å². The Balaban J connectivity index is 1.40. The largest absolute Gasteiger partial charge is 0.354 e. The van der Waals surface area contributed by atoms with Gasteiger partial charge in [-0.05, 0) is 64.3 Å². The molecule has 8 bridgehead atoms. The van der Waals surface area contributed by atoms with Gasteiger partial charge in [-0.1, -0.05) is 128 Å². The first-order chi connectivity index (χ1) is 24.2. The molecule has 0 radical (unpaired) electrons. The van der Waals surface area contributed by atoms with Crippen LogP contribution in [0.25, 0.3) is 22.3 Å². The van der Waals surface area contributed by atoms with E-state index < -0.39 is 0 Å². The number of nitrogens with one attached hydrogen (secondary N) is 1. The first-order valence-corrected chi connectivity index (χ1v) is 16.7. The van der Waals surface area contributed by atoms with Crippen molar-refractivity contribution in [3.8, 4) is 0 Å². The Morgan fingerprint density at radius 2 is 0.857 bits per heavy atom. The molecular formula is C45H32N4. The summed E-state index contributed by atoms with van der Waals surface area (Å²) in [6.45, 7) is 2.25. The number of H-pyrrole nitrogens is 1. The molecular weight excluding hydrogens is 597 g/mol. The summed E-state index contributed by atoms with van der Waals surface area (Å²) in [6.07, 6.45) is 10.6. The fourth-order valence-corrected chi connectivity index (χ4v) is 7.23. The molecule has 0 amide bonds. The number of benzene rings is 4. The van der Waals surface area contributed by atoms with Crippen LogP contribution in [0.3, 0.4) is 0 Å². The Hall–Kier alpha value is -6.39. The highest BCUT2D eigenvalue weighted by Gasteiger charge is 2.32. The molecule has 9 rings (SSSR count). The van der Waals surface area contributed by atoms with Crippen molar-refractivity contribution in [2.45, 2.75) is 6.92 Å². The third kappa shape index (κ3) is 5.06. The number of aromatic amines is 1. The van der Waals surface area contributed by atoms with Crippen LogP contribution in [0.4, 0.5) is 0 Å². The number of hydrogen-bond donors (Lipinski definition) is 1. The molecule has 1 atom stereocenters. The summed E-state index contributed by atoms with van der Waals surface area (Å²) < 4.78 is 0. The van der Waals surface area contributed by atoms with Crippen LogP contribution < -0.4 is 10.7 Å². The van der Waals surface area contributed by atoms with E-state index in [2.05, 4.69) is 170 Å². The third-order valence-electron chi connectivity index (χ3n) is 9.54. The van der Waals surface area contributed by atoms with E-state index in [-0.39, 0.29) is 5.92 Å². The Kier molecular flexibility index (Phi) is 7.06. The van der Waals surface area contributed by atoms with Crippen molar-refractivity contribution >= 4 is 39.4 Å². The predicted molar refractivity (Wildman–Crippen MR) is 203 cm³/mol. The molecule has 1 aromatic heterocycles. The second-order valence-corrected chi connectivity index (χ2v) is 12.5. The van der Waals surface area contributed by atoms with Crippen molar-refractivity contribution in [3.63, 3.8) is 0 Å². The summed E-state index contributed by atoms with van der Waals surface area (Å²) >= 11 is 0. The highest BCUT2D eigenvalue weighted by molar-refractivity contribution is 6.34. The van der Waals surface area contributed by atoms with Crippen LogP contribution in [0.1, 0.15) is 29.2 Å². The van der Waals surface area contributed by atoms with Gasteiger partial charge in [0.05, 0.1) is 28.5 Å². The van der Waals surface area contributed by atoms with E-state index in [1.54, 1.807) is 0 Å². The van der Waals surface area contributed by atoms with Crippen molar-refractivity contribution < 1.29 is 0 Å². The van der Waals surface area contributed by atoms with Crippen LogP contribution in [0.5, 0.6) is 0 Å². The van der Waals surface area contributed by atoms with Gasteiger partial charge in [0.1, 0.15) is 0 Å². The van der Waals surface area contributed by atoms with Gasteiger partial charge in [-0.3, -0.25) is 4.99 Å². The molecule has 4 aliphatic rings. The third-order valence-corrected chi connectivity index (χ3v) is 9.54. The maximum atomic E-state index is 5.40. The highest BCUT2D eigenvalue weighted by atomic mass is 14.8. The van der Waals surface area contributed by atoms with Crippen LogP contribution >= 0.6 is 0 Å². The molecule has 4 heteroatoms. The maximum absolute atomic E-state index is 5.40. The van der Waals surface area contributed by atoms with Gasteiger partial charge >= 0.3 is 0 Å². The quantitative estimate of drug-likeness (QED) is 0.209. The average Bonchev–Trinajstić information content (AvgIpc) is 3.98. The first kappa shape index (κ1) is 28.8. The van der Waals surface area contributed by atoms with Crippen LogP contribution in [0, 0.1) is 5.92 Å². The van der Waals surface area contributed by atoms with E-state index in [1.807, 2.05) is 6.20 Å². The van der Waals surface area contributed by atoms with E-state index in [4.69, 9.17) is 15.0 Å². The van der Waals surface area contributed by atoms with Crippen LogP contribution in [0.15, 0.2) is 196 Å². The molecule has 1 N–H and O–H groups in total. The molecule has 4 aromatic carbocycles. The minimum atomic E-state index is -0.00275. The van der Waals surface area contributed by atoms with Gasteiger partial charge in [0.2, 0.25) is 0 Å². The molecule has 4 nitrogen and oxygen atoms in total. The van der Waals surface area contributed by atoms with Crippen molar-refractivity contribution in [2.75, 3.05) is 0 Å². The number of rotatable bonds is 4. The molecule has 0 saturated heterocycles. The van der Waals surface area contributed by atoms with E-state index in [1.165, 1.54) is 0 Å². The molecule has 5 heterocycles. The molecule has 0 fully saturated rings. The lowest BCUT2D eigenvalue weighted by Gasteiger charge is -2.20. The topological polar surface area (TPSA) is 52.9 Å². The SMILES string of the molecule is CC1C2=CN=C1C(c1ccccc1)=C1C=CC(=N1)C(c1ccccc1)=c1ccc([nH]1)=C(c1ccccc1)C1=NC(=C2c2ccccc2)C=C1. The molecule has 0 aliphatic carbocycles. The minimum Gasteiger partial charge on any atom is -0.354 e. The van der Waals surface area contributed by atoms with Gasteiger partial charge in [-0.2, -0.15) is 0 Å². The number of nitrogens with zero attached hydrogens (tertiary/aromatic N) is 3. The molecule has 1 unspecified atom stereocenters. The zero-order valence-electron chi connectivity index (χ0n) is 27.0. The smallest absolute Gasteiger partial charge is 0.0737 e. The molecule has 4 aliphatic heterocycles. The van der Waals surface area contributed by atoms with Gasteiger partial charge in [0, 0.05) is 45.1 Å². The summed E-state index contributed by atoms with van der Waals surface area (Å²) in [7, 11) is 0. The predicted octanol–water partition coefficient (Wildman–Crippen LogP) is 8.25. The second kappa shape index (κ2) is 12.0. The summed E-state index contributed by atoms with van der Waals surface area (Å²) in [5.41, 5.74) is 14.4. The van der Waals surface area contributed by atoms with Gasteiger partial charge < -0.3 is 4.98 Å². The van der Waals surface area contributed by atoms with Gasteiger partial charge in [-0.15, -0.1) is 0 Å². The lowest BCUT2D eigenvalue weighted by atomic mass is 9.83. The normalized spacial score (nSPS) is 18.2. The van der Waals surface area contributed by atoms with Gasteiger partial charge in [0.25, 0.3) is 0 Å². The summed E-state index contributed by atoms with van der Waals surface area (Å²) in [5.74, 6) is -0.00275. The highest BCUT2D eigenvalue weighted by Crippen LogP contribution is 2.42. The fraction of sp³-hybridized carbons (Fsp3) is 0.0444. The summed E-state index contributed by atoms with van der Waals surface area (Å²) in [6, 6.07) is 46.5. The molecule has 0 spiro atoms. The summed E-state index contributed by atoms with van der Waals surface area (Å²) in [4.78, 5) is 19.8. The van der Waals surface area contributed by atoms with Crippen LogP contribution in [-0.2, 0) is 0 Å². The lowest BCUT2D eigenvalue weighted by Crippen LogP contribution is -2.21. The average molecular weight is 629 g/mol. The standard InChI is InChI=1S/C45H32N4/c1-29-34-28-46-45(29)44(33-20-12-5-13-21-33)40-27-26-39(49-40)43(32-18-10-4-11-19-32)38-25-24-37(48-38)42(31-16-8-3-9-17-31)36-23-22-35(47-36)41(34)30-14-6-2-7-15-30/h2-29,48H,1H3. The van der Waals surface area contributed by atoms with E-state index in [9.17, 15) is 0 Å².